The Balaban J connectivity index is 2.07. The lowest BCUT2D eigenvalue weighted by molar-refractivity contribution is 0.0149. The van der Waals surface area contributed by atoms with E-state index in [1.165, 1.54) is 30.4 Å². The SMILES string of the molecule is CCc1ccc(C2CCCCO2)cc1. The van der Waals surface area contributed by atoms with Crippen LogP contribution in [0.3, 0.4) is 0 Å². The molecule has 0 radical (unpaired) electrons. The molecule has 1 saturated heterocycles. The molecule has 0 spiro atoms. The maximum absolute atomic E-state index is 5.74. The molecule has 1 aromatic carbocycles. The van der Waals surface area contributed by atoms with E-state index < -0.39 is 0 Å². The van der Waals surface area contributed by atoms with E-state index in [4.69, 9.17) is 4.74 Å². The van der Waals surface area contributed by atoms with Gasteiger partial charge in [-0.15, -0.1) is 0 Å². The van der Waals surface area contributed by atoms with Gasteiger partial charge in [-0.1, -0.05) is 31.2 Å². The summed E-state index contributed by atoms with van der Waals surface area (Å²) in [6, 6.07) is 8.87. The highest BCUT2D eigenvalue weighted by Crippen LogP contribution is 2.27. The molecule has 0 saturated carbocycles. The van der Waals surface area contributed by atoms with Crippen molar-refractivity contribution < 1.29 is 4.74 Å². The van der Waals surface area contributed by atoms with Gasteiger partial charge in [0.05, 0.1) is 6.10 Å². The van der Waals surface area contributed by atoms with Gasteiger partial charge in [0.2, 0.25) is 0 Å². The number of aryl methyl sites for hydroxylation is 1. The van der Waals surface area contributed by atoms with E-state index in [0.717, 1.165) is 13.0 Å². The van der Waals surface area contributed by atoms with Crippen LogP contribution >= 0.6 is 0 Å². The third kappa shape index (κ3) is 2.16. The Labute approximate surface area is 86.1 Å². The number of hydrogen-bond donors (Lipinski definition) is 0. The maximum Gasteiger partial charge on any atom is 0.0824 e. The molecule has 1 heterocycles. The zero-order valence-electron chi connectivity index (χ0n) is 8.83. The monoisotopic (exact) mass is 190 g/mol. The average Bonchev–Trinajstić information content (AvgIpc) is 2.30. The Morgan fingerprint density at radius 3 is 2.57 bits per heavy atom. The van der Waals surface area contributed by atoms with Gasteiger partial charge in [0.15, 0.2) is 0 Å². The van der Waals surface area contributed by atoms with E-state index in [9.17, 15) is 0 Å². The van der Waals surface area contributed by atoms with Gasteiger partial charge in [-0.3, -0.25) is 0 Å². The summed E-state index contributed by atoms with van der Waals surface area (Å²) >= 11 is 0. The molecular weight excluding hydrogens is 172 g/mol. The summed E-state index contributed by atoms with van der Waals surface area (Å²) in [6.45, 7) is 3.12. The van der Waals surface area contributed by atoms with Crippen LogP contribution in [0, 0.1) is 0 Å². The summed E-state index contributed by atoms with van der Waals surface area (Å²) in [7, 11) is 0. The summed E-state index contributed by atoms with van der Waals surface area (Å²) in [5, 5.41) is 0. The Hall–Kier alpha value is -0.820. The van der Waals surface area contributed by atoms with E-state index in [1.54, 1.807) is 0 Å². The summed E-state index contributed by atoms with van der Waals surface area (Å²) in [5.41, 5.74) is 2.76. The predicted molar refractivity (Wildman–Crippen MR) is 58.4 cm³/mol. The summed E-state index contributed by atoms with van der Waals surface area (Å²) in [5.74, 6) is 0. The van der Waals surface area contributed by atoms with Gasteiger partial charge in [-0.25, -0.2) is 0 Å². The minimum absolute atomic E-state index is 0.356. The van der Waals surface area contributed by atoms with E-state index in [0.29, 0.717) is 6.10 Å². The van der Waals surface area contributed by atoms with Crippen molar-refractivity contribution in [2.45, 2.75) is 38.7 Å². The molecule has 0 aliphatic carbocycles. The Morgan fingerprint density at radius 1 is 1.21 bits per heavy atom. The first kappa shape index (κ1) is 9.72. The maximum atomic E-state index is 5.74. The third-order valence-electron chi connectivity index (χ3n) is 2.94. The van der Waals surface area contributed by atoms with E-state index in [2.05, 4.69) is 31.2 Å². The van der Waals surface area contributed by atoms with E-state index in [1.807, 2.05) is 0 Å². The highest BCUT2D eigenvalue weighted by molar-refractivity contribution is 5.24. The van der Waals surface area contributed by atoms with Crippen molar-refractivity contribution in [3.63, 3.8) is 0 Å². The minimum Gasteiger partial charge on any atom is -0.374 e. The number of hydrogen-bond acceptors (Lipinski definition) is 1. The standard InChI is InChI=1S/C13H18O/c1-2-11-6-8-12(9-7-11)13-5-3-4-10-14-13/h6-9,13H,2-5,10H2,1H3. The molecule has 1 fully saturated rings. The molecule has 76 valence electrons. The van der Waals surface area contributed by atoms with Crippen LogP contribution in [0.15, 0.2) is 24.3 Å². The normalized spacial score (nSPS) is 22.2. The highest BCUT2D eigenvalue weighted by atomic mass is 16.5. The summed E-state index contributed by atoms with van der Waals surface area (Å²) in [6.07, 6.45) is 5.19. The van der Waals surface area contributed by atoms with E-state index >= 15 is 0 Å². The van der Waals surface area contributed by atoms with Crippen molar-refractivity contribution in [3.8, 4) is 0 Å². The molecule has 14 heavy (non-hydrogen) atoms. The fraction of sp³-hybridized carbons (Fsp3) is 0.538. The van der Waals surface area contributed by atoms with Gasteiger partial charge in [0, 0.05) is 6.61 Å². The van der Waals surface area contributed by atoms with Gasteiger partial charge in [-0.05, 0) is 36.8 Å². The second kappa shape index (κ2) is 4.61. The van der Waals surface area contributed by atoms with Crippen LogP contribution in [0.5, 0.6) is 0 Å². The van der Waals surface area contributed by atoms with Crippen LogP contribution in [0.25, 0.3) is 0 Å². The second-order valence-electron chi connectivity index (χ2n) is 3.95. The van der Waals surface area contributed by atoms with Crippen LogP contribution in [0.2, 0.25) is 0 Å². The van der Waals surface area contributed by atoms with Crippen molar-refractivity contribution in [3.05, 3.63) is 35.4 Å². The van der Waals surface area contributed by atoms with Gasteiger partial charge in [0.25, 0.3) is 0 Å². The van der Waals surface area contributed by atoms with Crippen LogP contribution in [-0.4, -0.2) is 6.61 Å². The topological polar surface area (TPSA) is 9.23 Å². The number of ether oxygens (including phenoxy) is 1. The molecule has 1 aromatic rings. The first-order valence-electron chi connectivity index (χ1n) is 5.60. The average molecular weight is 190 g/mol. The fourth-order valence-corrected chi connectivity index (χ4v) is 1.97. The lowest BCUT2D eigenvalue weighted by Gasteiger charge is -2.22. The van der Waals surface area contributed by atoms with Crippen molar-refractivity contribution in [1.82, 2.24) is 0 Å². The molecule has 1 atom stereocenters. The molecule has 0 bridgehead atoms. The molecule has 0 amide bonds. The molecule has 1 nitrogen and oxygen atoms in total. The molecule has 1 unspecified atom stereocenters. The predicted octanol–water partition coefficient (Wildman–Crippen LogP) is 3.49. The first-order chi connectivity index (χ1) is 6.90. The van der Waals surface area contributed by atoms with Gasteiger partial charge < -0.3 is 4.74 Å². The zero-order chi connectivity index (χ0) is 9.80. The Bertz CT molecular complexity index is 270. The zero-order valence-corrected chi connectivity index (χ0v) is 8.83. The van der Waals surface area contributed by atoms with Gasteiger partial charge >= 0.3 is 0 Å². The first-order valence-corrected chi connectivity index (χ1v) is 5.60. The summed E-state index contributed by atoms with van der Waals surface area (Å²) < 4.78 is 5.74. The molecule has 1 aliphatic rings. The van der Waals surface area contributed by atoms with Crippen molar-refractivity contribution in [2.75, 3.05) is 6.61 Å². The molecular formula is C13H18O. The van der Waals surface area contributed by atoms with Crippen LogP contribution < -0.4 is 0 Å². The molecule has 1 heteroatoms. The quantitative estimate of drug-likeness (QED) is 0.693. The van der Waals surface area contributed by atoms with Gasteiger partial charge in [0.1, 0.15) is 0 Å². The molecule has 2 rings (SSSR count). The smallest absolute Gasteiger partial charge is 0.0824 e. The minimum atomic E-state index is 0.356. The summed E-state index contributed by atoms with van der Waals surface area (Å²) in [4.78, 5) is 0. The molecule has 1 aliphatic heterocycles. The van der Waals surface area contributed by atoms with E-state index in [-0.39, 0.29) is 0 Å². The van der Waals surface area contributed by atoms with Crippen molar-refractivity contribution >= 4 is 0 Å². The fourth-order valence-electron chi connectivity index (χ4n) is 1.97. The van der Waals surface area contributed by atoms with Crippen LogP contribution in [0.4, 0.5) is 0 Å². The third-order valence-corrected chi connectivity index (χ3v) is 2.94. The molecule has 0 aromatic heterocycles. The highest BCUT2D eigenvalue weighted by Gasteiger charge is 2.15. The largest absolute Gasteiger partial charge is 0.374 e. The number of rotatable bonds is 2. The van der Waals surface area contributed by atoms with Crippen LogP contribution in [0.1, 0.15) is 43.4 Å². The Kier molecular flexibility index (Phi) is 3.20. The number of benzene rings is 1. The lowest BCUT2D eigenvalue weighted by Crippen LogP contribution is -2.11. The van der Waals surface area contributed by atoms with Crippen molar-refractivity contribution in [2.24, 2.45) is 0 Å². The second-order valence-corrected chi connectivity index (χ2v) is 3.95. The van der Waals surface area contributed by atoms with Crippen molar-refractivity contribution in [1.29, 1.82) is 0 Å². The molecule has 0 N–H and O–H groups in total. The Morgan fingerprint density at radius 2 is 2.00 bits per heavy atom. The lowest BCUT2D eigenvalue weighted by atomic mass is 10.00. The van der Waals surface area contributed by atoms with Crippen LogP contribution in [-0.2, 0) is 11.2 Å². The van der Waals surface area contributed by atoms with Gasteiger partial charge in [-0.2, -0.15) is 0 Å².